The average Bonchev–Trinajstić information content (AvgIpc) is 3.51. The molecule has 0 spiro atoms. The van der Waals surface area contributed by atoms with Crippen LogP contribution in [0, 0.1) is 23.0 Å². The molecule has 200 valence electrons. The van der Waals surface area contributed by atoms with Crippen molar-refractivity contribution in [2.75, 3.05) is 6.61 Å². The molecule has 0 bridgehead atoms. The molecule has 2 atom stereocenters. The second kappa shape index (κ2) is 11.7. The Bertz CT molecular complexity index is 1320. The van der Waals surface area contributed by atoms with Crippen molar-refractivity contribution < 1.29 is 33.5 Å². The minimum absolute atomic E-state index is 0.110. The van der Waals surface area contributed by atoms with Crippen molar-refractivity contribution >= 4 is 17.8 Å². The van der Waals surface area contributed by atoms with Crippen molar-refractivity contribution in [1.82, 2.24) is 19.7 Å². The number of carbonyl (C=O) groups excluding carboxylic acids is 2. The molecule has 1 saturated carbocycles. The van der Waals surface area contributed by atoms with Crippen LogP contribution in [0.5, 0.6) is 11.6 Å². The molecule has 13 nitrogen and oxygen atoms in total. The molecule has 4 rings (SSSR count). The molecular formula is C25H27N5O8. The van der Waals surface area contributed by atoms with Crippen molar-refractivity contribution in [2.45, 2.75) is 45.8 Å². The third kappa shape index (κ3) is 6.22. The number of rotatable bonds is 9. The van der Waals surface area contributed by atoms with E-state index in [0.717, 1.165) is 6.42 Å². The lowest BCUT2D eigenvalue weighted by atomic mass is 10.1. The Labute approximate surface area is 217 Å². The number of nitro groups is 1. The summed E-state index contributed by atoms with van der Waals surface area (Å²) in [5.74, 6) is 0.132. The zero-order valence-corrected chi connectivity index (χ0v) is 21.2. The van der Waals surface area contributed by atoms with E-state index in [2.05, 4.69) is 15.1 Å². The zero-order chi connectivity index (χ0) is 27.2. The van der Waals surface area contributed by atoms with E-state index in [0.29, 0.717) is 48.0 Å². The number of esters is 1. The monoisotopic (exact) mass is 525 g/mol. The highest BCUT2D eigenvalue weighted by Gasteiger charge is 2.32. The average molecular weight is 526 g/mol. The lowest BCUT2D eigenvalue weighted by molar-refractivity contribution is -0.384. The SMILES string of the molecule is CCOC(=O)C1CCC(Oc2ncc(-c3cnn(C)c3COC(=O)Oc3ccc([N+](=O)[O-])cc3)nc2C)C1. The summed E-state index contributed by atoms with van der Waals surface area (Å²) >= 11 is 0. The normalized spacial score (nSPS) is 16.6. The highest BCUT2D eigenvalue weighted by atomic mass is 16.7. The number of non-ortho nitro benzene ring substituents is 1. The Morgan fingerprint density at radius 2 is 1.92 bits per heavy atom. The van der Waals surface area contributed by atoms with Gasteiger partial charge in [0, 0.05) is 24.7 Å². The van der Waals surface area contributed by atoms with Crippen LogP contribution in [0.2, 0.25) is 0 Å². The topological polar surface area (TPSA) is 158 Å². The smallest absolute Gasteiger partial charge is 0.473 e. The van der Waals surface area contributed by atoms with Crippen LogP contribution >= 0.6 is 0 Å². The quantitative estimate of drug-likeness (QED) is 0.172. The molecule has 0 radical (unpaired) electrons. The van der Waals surface area contributed by atoms with Crippen molar-refractivity contribution in [3.8, 4) is 22.9 Å². The highest BCUT2D eigenvalue weighted by molar-refractivity contribution is 5.72. The first-order valence-corrected chi connectivity index (χ1v) is 12.0. The van der Waals surface area contributed by atoms with Crippen LogP contribution in [-0.2, 0) is 27.9 Å². The number of ether oxygens (including phenoxy) is 4. The van der Waals surface area contributed by atoms with Crippen LogP contribution in [0.4, 0.5) is 10.5 Å². The van der Waals surface area contributed by atoms with E-state index in [4.69, 9.17) is 18.9 Å². The van der Waals surface area contributed by atoms with Crippen LogP contribution in [-0.4, -0.2) is 49.5 Å². The predicted molar refractivity (Wildman–Crippen MR) is 131 cm³/mol. The van der Waals surface area contributed by atoms with Gasteiger partial charge in [0.25, 0.3) is 5.69 Å². The number of benzene rings is 1. The van der Waals surface area contributed by atoms with E-state index >= 15 is 0 Å². The number of nitro benzene ring substituents is 1. The van der Waals surface area contributed by atoms with E-state index in [1.807, 2.05) is 0 Å². The summed E-state index contributed by atoms with van der Waals surface area (Å²) in [5, 5.41) is 15.0. The predicted octanol–water partition coefficient (Wildman–Crippen LogP) is 3.92. The van der Waals surface area contributed by atoms with Crippen LogP contribution in [0.25, 0.3) is 11.3 Å². The van der Waals surface area contributed by atoms with Crippen LogP contribution in [0.15, 0.2) is 36.7 Å². The molecule has 38 heavy (non-hydrogen) atoms. The van der Waals surface area contributed by atoms with Crippen molar-refractivity contribution in [3.05, 3.63) is 58.2 Å². The Morgan fingerprint density at radius 3 is 2.61 bits per heavy atom. The molecule has 13 heteroatoms. The maximum atomic E-state index is 12.2. The number of hydrogen-bond acceptors (Lipinski definition) is 11. The molecule has 0 saturated heterocycles. The zero-order valence-electron chi connectivity index (χ0n) is 21.2. The van der Waals surface area contributed by atoms with Gasteiger partial charge in [-0.05, 0) is 45.2 Å². The van der Waals surface area contributed by atoms with Gasteiger partial charge in [0.2, 0.25) is 5.88 Å². The lowest BCUT2D eigenvalue weighted by Gasteiger charge is -2.15. The van der Waals surface area contributed by atoms with Gasteiger partial charge in [-0.2, -0.15) is 5.10 Å². The summed E-state index contributed by atoms with van der Waals surface area (Å²) in [6.45, 7) is 3.76. The number of aromatic nitrogens is 4. The molecule has 2 unspecified atom stereocenters. The Kier molecular flexibility index (Phi) is 8.14. The minimum atomic E-state index is -0.977. The van der Waals surface area contributed by atoms with E-state index < -0.39 is 11.1 Å². The van der Waals surface area contributed by atoms with E-state index in [1.165, 1.54) is 24.3 Å². The molecule has 2 heterocycles. The summed E-state index contributed by atoms with van der Waals surface area (Å²) in [4.78, 5) is 43.4. The molecule has 0 amide bonds. The molecule has 0 N–H and O–H groups in total. The van der Waals surface area contributed by atoms with Gasteiger partial charge in [0.1, 0.15) is 24.2 Å². The van der Waals surface area contributed by atoms with Gasteiger partial charge in [-0.15, -0.1) is 0 Å². The standard InChI is InChI=1S/C25H27N5O8/c1-4-35-24(31)16-5-8-19(11-16)37-23-15(2)28-21(13-26-23)20-12-27-29(3)22(20)14-36-25(32)38-18-9-6-17(7-10-18)30(33)34/h6-7,9-10,12-13,16,19H,4-5,8,11,14H2,1-3H3. The van der Waals surface area contributed by atoms with Crippen LogP contribution in [0.3, 0.4) is 0 Å². The van der Waals surface area contributed by atoms with Gasteiger partial charge >= 0.3 is 12.1 Å². The third-order valence-electron chi connectivity index (χ3n) is 6.10. The molecule has 2 aromatic heterocycles. The maximum Gasteiger partial charge on any atom is 0.514 e. The molecule has 1 aromatic carbocycles. The first-order valence-electron chi connectivity index (χ1n) is 12.0. The Morgan fingerprint density at radius 1 is 1.16 bits per heavy atom. The largest absolute Gasteiger partial charge is 0.514 e. The number of hydrogen-bond donors (Lipinski definition) is 0. The van der Waals surface area contributed by atoms with Crippen molar-refractivity contribution in [1.29, 1.82) is 0 Å². The molecule has 1 aliphatic rings. The van der Waals surface area contributed by atoms with E-state index in [1.54, 1.807) is 38.0 Å². The molecule has 0 aliphatic heterocycles. The number of nitrogens with zero attached hydrogens (tertiary/aromatic N) is 5. The van der Waals surface area contributed by atoms with Gasteiger partial charge in [0.05, 0.1) is 41.2 Å². The fourth-order valence-electron chi connectivity index (χ4n) is 4.13. The van der Waals surface area contributed by atoms with Gasteiger partial charge in [-0.3, -0.25) is 19.6 Å². The van der Waals surface area contributed by atoms with Gasteiger partial charge in [0.15, 0.2) is 0 Å². The Hall–Kier alpha value is -4.55. The first kappa shape index (κ1) is 26.5. The van der Waals surface area contributed by atoms with E-state index in [9.17, 15) is 19.7 Å². The number of carbonyl (C=O) groups is 2. The van der Waals surface area contributed by atoms with Crippen LogP contribution < -0.4 is 9.47 Å². The molecule has 3 aromatic rings. The molecule has 1 fully saturated rings. The third-order valence-corrected chi connectivity index (χ3v) is 6.10. The minimum Gasteiger partial charge on any atom is -0.473 e. The van der Waals surface area contributed by atoms with Crippen LogP contribution in [0.1, 0.15) is 37.6 Å². The van der Waals surface area contributed by atoms with Gasteiger partial charge in [-0.25, -0.2) is 14.8 Å². The second-order valence-corrected chi connectivity index (χ2v) is 8.67. The summed E-state index contributed by atoms with van der Waals surface area (Å²) in [6, 6.07) is 5.06. The highest BCUT2D eigenvalue weighted by Crippen LogP contribution is 2.31. The number of aryl methyl sites for hydroxylation is 2. The summed E-state index contributed by atoms with van der Waals surface area (Å²) in [5.41, 5.74) is 2.13. The van der Waals surface area contributed by atoms with Crippen molar-refractivity contribution in [2.24, 2.45) is 13.0 Å². The van der Waals surface area contributed by atoms with Crippen molar-refractivity contribution in [3.63, 3.8) is 0 Å². The van der Waals surface area contributed by atoms with Gasteiger partial charge in [-0.1, -0.05) is 0 Å². The molecular weight excluding hydrogens is 498 g/mol. The summed E-state index contributed by atoms with van der Waals surface area (Å²) < 4.78 is 23.0. The van der Waals surface area contributed by atoms with Gasteiger partial charge < -0.3 is 18.9 Å². The maximum absolute atomic E-state index is 12.2. The summed E-state index contributed by atoms with van der Waals surface area (Å²) in [7, 11) is 1.70. The summed E-state index contributed by atoms with van der Waals surface area (Å²) in [6.07, 6.45) is 4.02. The second-order valence-electron chi connectivity index (χ2n) is 8.67. The fraction of sp³-hybridized carbons (Fsp3) is 0.400. The van der Waals surface area contributed by atoms with E-state index in [-0.39, 0.29) is 36.0 Å². The lowest BCUT2D eigenvalue weighted by Crippen LogP contribution is -2.19. The Balaban J connectivity index is 1.38. The fourth-order valence-corrected chi connectivity index (χ4v) is 4.13. The first-order chi connectivity index (χ1) is 18.2. The molecule has 1 aliphatic carbocycles.